The second-order valence-corrected chi connectivity index (χ2v) is 6.38. The van der Waals surface area contributed by atoms with E-state index in [1.54, 1.807) is 0 Å². The summed E-state index contributed by atoms with van der Waals surface area (Å²) in [6.45, 7) is 11.3. The molecule has 0 spiro atoms. The average molecular weight is 230 g/mol. The van der Waals surface area contributed by atoms with E-state index in [9.17, 15) is 4.79 Å². The molecule has 0 aliphatic carbocycles. The van der Waals surface area contributed by atoms with Crippen LogP contribution in [0.5, 0.6) is 0 Å². The zero-order chi connectivity index (χ0) is 11.6. The van der Waals surface area contributed by atoms with Gasteiger partial charge in [0.1, 0.15) is 6.04 Å². The van der Waals surface area contributed by atoms with Crippen LogP contribution in [-0.2, 0) is 4.79 Å². The maximum absolute atomic E-state index is 12.0. The Morgan fingerprint density at radius 3 is 2.67 bits per heavy atom. The Morgan fingerprint density at radius 1 is 1.60 bits per heavy atom. The van der Waals surface area contributed by atoms with Crippen molar-refractivity contribution in [2.45, 2.75) is 51.4 Å². The van der Waals surface area contributed by atoms with Gasteiger partial charge in [0.15, 0.2) is 0 Å². The third-order valence-corrected chi connectivity index (χ3v) is 4.23. The zero-order valence-electron chi connectivity index (χ0n) is 10.3. The number of hydrogen-bond donors (Lipinski definition) is 1. The van der Waals surface area contributed by atoms with Crippen LogP contribution in [0.2, 0.25) is 0 Å². The van der Waals surface area contributed by atoms with E-state index < -0.39 is 0 Å². The summed E-state index contributed by atoms with van der Waals surface area (Å²) in [5.74, 6) is 1.12. The molecule has 0 bridgehead atoms. The summed E-state index contributed by atoms with van der Waals surface area (Å²) >= 11 is 1.86. The lowest BCUT2D eigenvalue weighted by atomic mass is 10.00. The van der Waals surface area contributed by atoms with Gasteiger partial charge in [0.25, 0.3) is 0 Å². The number of carbonyl (C=O) groups is 1. The molecule has 1 fully saturated rings. The lowest BCUT2D eigenvalue weighted by molar-refractivity contribution is -0.127. The molecule has 0 aromatic rings. The molecule has 1 unspecified atom stereocenters. The van der Waals surface area contributed by atoms with Gasteiger partial charge in [0.2, 0.25) is 5.91 Å². The smallest absolute Gasteiger partial charge is 0.238 e. The molecule has 1 saturated heterocycles. The average Bonchev–Trinajstić information content (AvgIpc) is 2.41. The first-order chi connectivity index (χ1) is 6.90. The predicted octanol–water partition coefficient (Wildman–Crippen LogP) is 1.68. The van der Waals surface area contributed by atoms with E-state index >= 15 is 0 Å². The van der Waals surface area contributed by atoms with Crippen molar-refractivity contribution in [2.75, 3.05) is 12.4 Å². The first-order valence-electron chi connectivity index (χ1n) is 5.57. The molecule has 15 heavy (non-hydrogen) atoms. The van der Waals surface area contributed by atoms with Crippen molar-refractivity contribution in [1.29, 1.82) is 0 Å². The van der Waals surface area contributed by atoms with Crippen LogP contribution in [0.1, 0.15) is 34.6 Å². The maximum Gasteiger partial charge on any atom is 0.238 e. The molecule has 1 aliphatic rings. The number of amides is 1. The fourth-order valence-electron chi connectivity index (χ4n) is 1.98. The summed E-state index contributed by atoms with van der Waals surface area (Å²) < 4.78 is 0.0174. The van der Waals surface area contributed by atoms with Gasteiger partial charge in [-0.3, -0.25) is 9.69 Å². The Balaban J connectivity index is 2.82. The monoisotopic (exact) mass is 230 g/mol. The van der Waals surface area contributed by atoms with Crippen molar-refractivity contribution < 1.29 is 4.79 Å². The highest BCUT2D eigenvalue weighted by atomic mass is 32.2. The van der Waals surface area contributed by atoms with Crippen molar-refractivity contribution in [3.8, 4) is 0 Å². The molecule has 0 saturated carbocycles. The highest BCUT2D eigenvalue weighted by Crippen LogP contribution is 2.40. The molecule has 1 heterocycles. The molecule has 0 aromatic carbocycles. The molecule has 1 rings (SSSR count). The van der Waals surface area contributed by atoms with E-state index in [2.05, 4.69) is 37.9 Å². The summed E-state index contributed by atoms with van der Waals surface area (Å²) in [4.78, 5) is 14.3. The Morgan fingerprint density at radius 2 is 2.20 bits per heavy atom. The second kappa shape index (κ2) is 4.74. The third kappa shape index (κ3) is 2.67. The number of nitrogens with zero attached hydrogens (tertiary/aromatic N) is 1. The summed E-state index contributed by atoms with van der Waals surface area (Å²) in [6.07, 6.45) is 0. The number of rotatable bonds is 3. The fourth-order valence-corrected chi connectivity index (χ4v) is 3.31. The lowest BCUT2D eigenvalue weighted by Crippen LogP contribution is -2.53. The van der Waals surface area contributed by atoms with Crippen LogP contribution in [-0.4, -0.2) is 40.1 Å². The lowest BCUT2D eigenvalue weighted by Gasteiger charge is -2.32. The van der Waals surface area contributed by atoms with Crippen LogP contribution < -0.4 is 5.32 Å². The number of carbonyl (C=O) groups excluding carboxylic acids is 1. The van der Waals surface area contributed by atoms with Crippen LogP contribution in [0.25, 0.3) is 0 Å². The Bertz CT molecular complexity index is 241. The normalized spacial score (nSPS) is 25.9. The minimum Gasteiger partial charge on any atom is -0.355 e. The van der Waals surface area contributed by atoms with Crippen molar-refractivity contribution in [3.05, 3.63) is 0 Å². The van der Waals surface area contributed by atoms with Crippen LogP contribution in [0.15, 0.2) is 0 Å². The van der Waals surface area contributed by atoms with E-state index in [4.69, 9.17) is 0 Å². The SMILES string of the molecule is CCNC(=O)C1N(C(C)C)CSC1(C)C. The van der Waals surface area contributed by atoms with Crippen LogP contribution >= 0.6 is 11.8 Å². The van der Waals surface area contributed by atoms with E-state index in [1.165, 1.54) is 0 Å². The van der Waals surface area contributed by atoms with E-state index in [0.717, 1.165) is 5.88 Å². The van der Waals surface area contributed by atoms with E-state index in [1.807, 2.05) is 18.7 Å². The van der Waals surface area contributed by atoms with Crippen LogP contribution in [0.3, 0.4) is 0 Å². The molecule has 1 amide bonds. The standard InChI is InChI=1S/C11H22N2OS/c1-6-12-10(14)9-11(4,5)15-7-13(9)8(2)3/h8-9H,6-7H2,1-5H3,(H,12,14). The van der Waals surface area contributed by atoms with Crippen molar-refractivity contribution in [3.63, 3.8) is 0 Å². The van der Waals surface area contributed by atoms with Crippen LogP contribution in [0, 0.1) is 0 Å². The highest BCUT2D eigenvalue weighted by molar-refractivity contribution is 8.00. The largest absolute Gasteiger partial charge is 0.355 e. The number of likely N-dealkylation sites (N-methyl/N-ethyl adjacent to an activating group) is 1. The molecular formula is C11H22N2OS. The van der Waals surface area contributed by atoms with Gasteiger partial charge in [-0.05, 0) is 34.6 Å². The van der Waals surface area contributed by atoms with Gasteiger partial charge < -0.3 is 5.32 Å². The van der Waals surface area contributed by atoms with Gasteiger partial charge >= 0.3 is 0 Å². The topological polar surface area (TPSA) is 32.3 Å². The van der Waals surface area contributed by atoms with Gasteiger partial charge in [-0.2, -0.15) is 0 Å². The summed E-state index contributed by atoms with van der Waals surface area (Å²) in [5, 5.41) is 2.93. The molecule has 1 N–H and O–H groups in total. The maximum atomic E-state index is 12.0. The molecule has 1 atom stereocenters. The predicted molar refractivity (Wildman–Crippen MR) is 66.0 cm³/mol. The van der Waals surface area contributed by atoms with Gasteiger partial charge in [-0.25, -0.2) is 0 Å². The minimum atomic E-state index is 0.00227. The molecule has 4 heteroatoms. The highest BCUT2D eigenvalue weighted by Gasteiger charge is 2.46. The zero-order valence-corrected chi connectivity index (χ0v) is 11.1. The minimum absolute atomic E-state index is 0.00227. The Hall–Kier alpha value is -0.220. The molecule has 0 aromatic heterocycles. The number of thioether (sulfide) groups is 1. The third-order valence-electron chi connectivity index (χ3n) is 2.84. The molecule has 3 nitrogen and oxygen atoms in total. The van der Waals surface area contributed by atoms with Crippen molar-refractivity contribution >= 4 is 17.7 Å². The molecule has 88 valence electrons. The molecule has 1 aliphatic heterocycles. The van der Waals surface area contributed by atoms with Crippen LogP contribution in [0.4, 0.5) is 0 Å². The van der Waals surface area contributed by atoms with Gasteiger partial charge in [-0.15, -0.1) is 11.8 Å². The van der Waals surface area contributed by atoms with E-state index in [0.29, 0.717) is 12.6 Å². The first-order valence-corrected chi connectivity index (χ1v) is 6.56. The van der Waals surface area contributed by atoms with E-state index in [-0.39, 0.29) is 16.7 Å². The Labute approximate surface area is 97.0 Å². The first kappa shape index (κ1) is 12.8. The van der Waals surface area contributed by atoms with Crippen molar-refractivity contribution in [1.82, 2.24) is 10.2 Å². The van der Waals surface area contributed by atoms with Gasteiger partial charge in [0.05, 0.1) is 0 Å². The number of nitrogens with one attached hydrogen (secondary N) is 1. The summed E-state index contributed by atoms with van der Waals surface area (Å²) in [6, 6.07) is 0.425. The van der Waals surface area contributed by atoms with Gasteiger partial charge in [0, 0.05) is 23.2 Å². The number of hydrogen-bond acceptors (Lipinski definition) is 3. The summed E-state index contributed by atoms with van der Waals surface area (Å²) in [5.41, 5.74) is 0. The molecule has 0 radical (unpaired) electrons. The molecular weight excluding hydrogens is 208 g/mol. The fraction of sp³-hybridized carbons (Fsp3) is 0.909. The second-order valence-electron chi connectivity index (χ2n) is 4.78. The Kier molecular flexibility index (Phi) is 4.06. The van der Waals surface area contributed by atoms with Crippen molar-refractivity contribution in [2.24, 2.45) is 0 Å². The summed E-state index contributed by atoms with van der Waals surface area (Å²) in [7, 11) is 0. The quantitative estimate of drug-likeness (QED) is 0.800. The van der Waals surface area contributed by atoms with Gasteiger partial charge in [-0.1, -0.05) is 0 Å².